The number of rotatable bonds is 7. The molecule has 0 unspecified atom stereocenters. The number of hydrogen-bond donors (Lipinski definition) is 2. The Kier molecular flexibility index (Phi) is 7.01. The lowest BCUT2D eigenvalue weighted by atomic mass is 10.1. The SMILES string of the molecule is CCc1ccc(NC(=O)C(=O)NCc2cccc(COC)c2)cc1[N+](=O)[O-]. The Morgan fingerprint density at radius 1 is 1.11 bits per heavy atom. The zero-order chi connectivity index (χ0) is 19.8. The lowest BCUT2D eigenvalue weighted by Crippen LogP contribution is -2.35. The van der Waals surface area contributed by atoms with E-state index in [0.29, 0.717) is 18.6 Å². The van der Waals surface area contributed by atoms with Gasteiger partial charge in [0, 0.05) is 31.0 Å². The highest BCUT2D eigenvalue weighted by Gasteiger charge is 2.17. The molecule has 0 saturated heterocycles. The highest BCUT2D eigenvalue weighted by Crippen LogP contribution is 2.23. The Morgan fingerprint density at radius 2 is 1.85 bits per heavy atom. The van der Waals surface area contributed by atoms with E-state index in [2.05, 4.69) is 10.6 Å². The van der Waals surface area contributed by atoms with Gasteiger partial charge in [0.1, 0.15) is 0 Å². The van der Waals surface area contributed by atoms with Crippen LogP contribution in [0.15, 0.2) is 42.5 Å². The molecule has 0 heterocycles. The number of hydrogen-bond acceptors (Lipinski definition) is 5. The number of nitrogens with one attached hydrogen (secondary N) is 2. The quantitative estimate of drug-likeness (QED) is 0.441. The molecule has 0 aliphatic rings. The fraction of sp³-hybridized carbons (Fsp3) is 0.263. The number of carbonyl (C=O) groups is 2. The summed E-state index contributed by atoms with van der Waals surface area (Å²) < 4.78 is 5.06. The average Bonchev–Trinajstić information content (AvgIpc) is 2.66. The van der Waals surface area contributed by atoms with Crippen molar-refractivity contribution in [2.24, 2.45) is 0 Å². The number of benzene rings is 2. The zero-order valence-electron chi connectivity index (χ0n) is 15.2. The van der Waals surface area contributed by atoms with Crippen molar-refractivity contribution in [3.05, 3.63) is 69.3 Å². The monoisotopic (exact) mass is 371 g/mol. The molecule has 2 aromatic carbocycles. The topological polar surface area (TPSA) is 111 Å². The van der Waals surface area contributed by atoms with Crippen molar-refractivity contribution in [3.63, 3.8) is 0 Å². The summed E-state index contributed by atoms with van der Waals surface area (Å²) in [4.78, 5) is 34.6. The number of nitro groups is 1. The van der Waals surface area contributed by atoms with Gasteiger partial charge in [0.15, 0.2) is 0 Å². The molecule has 0 aliphatic heterocycles. The molecule has 2 amide bonds. The third-order valence-corrected chi connectivity index (χ3v) is 3.88. The van der Waals surface area contributed by atoms with Gasteiger partial charge in [0.25, 0.3) is 5.69 Å². The van der Waals surface area contributed by atoms with Gasteiger partial charge in [0.05, 0.1) is 11.5 Å². The third kappa shape index (κ3) is 5.61. The van der Waals surface area contributed by atoms with Crippen LogP contribution >= 0.6 is 0 Å². The first-order valence-electron chi connectivity index (χ1n) is 8.37. The fourth-order valence-electron chi connectivity index (χ4n) is 2.56. The van der Waals surface area contributed by atoms with Gasteiger partial charge in [-0.2, -0.15) is 0 Å². The van der Waals surface area contributed by atoms with Gasteiger partial charge < -0.3 is 15.4 Å². The van der Waals surface area contributed by atoms with E-state index in [1.165, 1.54) is 12.1 Å². The van der Waals surface area contributed by atoms with Crippen LogP contribution in [-0.4, -0.2) is 23.8 Å². The van der Waals surface area contributed by atoms with E-state index in [9.17, 15) is 19.7 Å². The minimum absolute atomic E-state index is 0.0920. The first kappa shape index (κ1) is 20.1. The molecule has 27 heavy (non-hydrogen) atoms. The Bertz CT molecular complexity index is 851. The van der Waals surface area contributed by atoms with Gasteiger partial charge in [-0.25, -0.2) is 0 Å². The lowest BCUT2D eigenvalue weighted by molar-refractivity contribution is -0.385. The van der Waals surface area contributed by atoms with Gasteiger partial charge in [-0.05, 0) is 23.6 Å². The van der Waals surface area contributed by atoms with E-state index < -0.39 is 16.7 Å². The number of carbonyl (C=O) groups excluding carboxylic acids is 2. The summed E-state index contributed by atoms with van der Waals surface area (Å²) in [5.74, 6) is -1.71. The van der Waals surface area contributed by atoms with Crippen LogP contribution in [0.25, 0.3) is 0 Å². The van der Waals surface area contributed by atoms with Crippen LogP contribution in [0.1, 0.15) is 23.6 Å². The van der Waals surface area contributed by atoms with Crippen LogP contribution in [0.2, 0.25) is 0 Å². The fourth-order valence-corrected chi connectivity index (χ4v) is 2.56. The Morgan fingerprint density at radius 3 is 2.52 bits per heavy atom. The van der Waals surface area contributed by atoms with Crippen molar-refractivity contribution < 1.29 is 19.2 Å². The molecule has 0 radical (unpaired) electrons. The predicted octanol–water partition coefficient (Wildman–Crippen LogP) is 2.56. The number of nitro benzene ring substituents is 1. The first-order valence-corrected chi connectivity index (χ1v) is 8.37. The van der Waals surface area contributed by atoms with Gasteiger partial charge in [-0.1, -0.05) is 37.3 Å². The van der Waals surface area contributed by atoms with E-state index in [1.54, 1.807) is 20.1 Å². The van der Waals surface area contributed by atoms with Gasteiger partial charge in [-0.15, -0.1) is 0 Å². The van der Waals surface area contributed by atoms with Crippen LogP contribution in [0.3, 0.4) is 0 Å². The number of aryl methyl sites for hydroxylation is 1. The Balaban J connectivity index is 1.98. The van der Waals surface area contributed by atoms with Crippen LogP contribution in [0, 0.1) is 10.1 Å². The Hall–Kier alpha value is -3.26. The smallest absolute Gasteiger partial charge is 0.313 e. The second kappa shape index (κ2) is 9.44. The molecular weight excluding hydrogens is 350 g/mol. The largest absolute Gasteiger partial charge is 0.380 e. The maximum absolute atomic E-state index is 12.0. The average molecular weight is 371 g/mol. The van der Waals surface area contributed by atoms with Crippen molar-refractivity contribution in [2.45, 2.75) is 26.5 Å². The summed E-state index contributed by atoms with van der Waals surface area (Å²) in [6.07, 6.45) is 0.493. The first-order chi connectivity index (χ1) is 12.9. The van der Waals surface area contributed by atoms with Crippen LogP contribution < -0.4 is 10.6 Å². The van der Waals surface area contributed by atoms with Crippen molar-refractivity contribution in [1.29, 1.82) is 0 Å². The summed E-state index contributed by atoms with van der Waals surface area (Å²) in [5.41, 5.74) is 2.44. The maximum atomic E-state index is 12.0. The summed E-state index contributed by atoms with van der Waals surface area (Å²) >= 11 is 0. The molecule has 142 valence electrons. The van der Waals surface area contributed by atoms with Crippen LogP contribution in [-0.2, 0) is 33.9 Å². The molecule has 2 rings (SSSR count). The molecule has 8 heteroatoms. The van der Waals surface area contributed by atoms with E-state index in [4.69, 9.17) is 4.74 Å². The standard InChI is InChI=1S/C19H21N3O5/c1-3-15-7-8-16(10-17(15)22(25)26)21-19(24)18(23)20-11-13-5-4-6-14(9-13)12-27-2/h4-10H,3,11-12H2,1-2H3,(H,20,23)(H,21,24). The maximum Gasteiger partial charge on any atom is 0.313 e. The Labute approximate surface area is 156 Å². The second-order valence-corrected chi connectivity index (χ2v) is 5.84. The van der Waals surface area contributed by atoms with E-state index in [1.807, 2.05) is 24.3 Å². The molecule has 8 nitrogen and oxygen atoms in total. The summed E-state index contributed by atoms with van der Waals surface area (Å²) in [6.45, 7) is 2.43. The molecular formula is C19H21N3O5. The third-order valence-electron chi connectivity index (χ3n) is 3.88. The van der Waals surface area contributed by atoms with Gasteiger partial charge in [-0.3, -0.25) is 19.7 Å². The number of ether oxygens (including phenoxy) is 1. The predicted molar refractivity (Wildman–Crippen MR) is 100 cm³/mol. The van der Waals surface area contributed by atoms with Gasteiger partial charge in [0.2, 0.25) is 0 Å². The van der Waals surface area contributed by atoms with Crippen molar-refractivity contribution in [1.82, 2.24) is 5.32 Å². The summed E-state index contributed by atoms with van der Waals surface area (Å²) in [7, 11) is 1.59. The summed E-state index contributed by atoms with van der Waals surface area (Å²) in [5, 5.41) is 16.0. The molecule has 0 aliphatic carbocycles. The normalized spacial score (nSPS) is 10.3. The number of nitrogens with zero attached hydrogens (tertiary/aromatic N) is 1. The summed E-state index contributed by atoms with van der Waals surface area (Å²) in [6, 6.07) is 11.8. The number of methoxy groups -OCH3 is 1. The molecule has 0 bridgehead atoms. The minimum atomic E-state index is -0.887. The van der Waals surface area contributed by atoms with Gasteiger partial charge >= 0.3 is 11.8 Å². The lowest BCUT2D eigenvalue weighted by Gasteiger charge is -2.09. The molecule has 0 atom stereocenters. The molecule has 2 aromatic rings. The number of anilines is 1. The van der Waals surface area contributed by atoms with Crippen molar-refractivity contribution in [3.8, 4) is 0 Å². The zero-order valence-corrected chi connectivity index (χ0v) is 15.2. The molecule has 0 saturated carbocycles. The highest BCUT2D eigenvalue weighted by molar-refractivity contribution is 6.39. The van der Waals surface area contributed by atoms with E-state index >= 15 is 0 Å². The number of amides is 2. The molecule has 2 N–H and O–H groups in total. The van der Waals surface area contributed by atoms with Crippen LogP contribution in [0.4, 0.5) is 11.4 Å². The molecule has 0 aromatic heterocycles. The van der Waals surface area contributed by atoms with Crippen molar-refractivity contribution >= 4 is 23.2 Å². The van der Waals surface area contributed by atoms with E-state index in [0.717, 1.165) is 11.1 Å². The van der Waals surface area contributed by atoms with Crippen LogP contribution in [0.5, 0.6) is 0 Å². The molecule has 0 fully saturated rings. The van der Waals surface area contributed by atoms with Crippen molar-refractivity contribution in [2.75, 3.05) is 12.4 Å². The molecule has 0 spiro atoms. The minimum Gasteiger partial charge on any atom is -0.380 e. The second-order valence-electron chi connectivity index (χ2n) is 5.84. The highest BCUT2D eigenvalue weighted by atomic mass is 16.6. The van der Waals surface area contributed by atoms with E-state index in [-0.39, 0.29) is 17.9 Å².